The number of rotatable bonds is 4. The highest BCUT2D eigenvalue weighted by atomic mass is 16.6. The fourth-order valence-corrected chi connectivity index (χ4v) is 2.33. The minimum Gasteiger partial charge on any atom is -0.466 e. The lowest BCUT2D eigenvalue weighted by Crippen LogP contribution is -2.24. The molecule has 2 unspecified atom stereocenters. The molecule has 0 aromatic heterocycles. The molecular weight excluding hydrogens is 192 g/mol. The lowest BCUT2D eigenvalue weighted by atomic mass is 9.91. The van der Waals surface area contributed by atoms with E-state index in [1.54, 1.807) is 0 Å². The fourth-order valence-electron chi connectivity index (χ4n) is 2.33. The van der Waals surface area contributed by atoms with Gasteiger partial charge in [0.1, 0.15) is 11.2 Å². The molecule has 0 saturated carbocycles. The van der Waals surface area contributed by atoms with E-state index < -0.39 is 0 Å². The maximum Gasteiger partial charge on any atom is 0.308 e. The molecule has 1 aliphatic carbocycles. The third kappa shape index (κ3) is 1.49. The average molecular weight is 210 g/mol. The Morgan fingerprint density at radius 1 is 1.67 bits per heavy atom. The third-order valence-electron chi connectivity index (χ3n) is 3.61. The number of hydrogen-bond donors (Lipinski definition) is 0. The zero-order chi connectivity index (χ0) is 11.1. The SMILES string of the molecule is CCCOC(=O)CC12CC=C(C)C1(C)O2. The Labute approximate surface area is 90.4 Å². The molecule has 2 rings (SSSR count). The second-order valence-corrected chi connectivity index (χ2v) is 4.62. The number of carbonyl (C=O) groups excluding carboxylic acids is 1. The standard InChI is InChI=1S/C12H18O3/c1-4-7-14-10(13)8-12-6-5-9(2)11(12,3)15-12/h5H,4,6-8H2,1-3H3. The van der Waals surface area contributed by atoms with Crippen LogP contribution in [0.4, 0.5) is 0 Å². The summed E-state index contributed by atoms with van der Waals surface area (Å²) in [5.74, 6) is -0.135. The molecule has 3 heteroatoms. The van der Waals surface area contributed by atoms with E-state index in [0.717, 1.165) is 12.8 Å². The number of carbonyl (C=O) groups is 1. The predicted molar refractivity (Wildman–Crippen MR) is 56.5 cm³/mol. The van der Waals surface area contributed by atoms with Gasteiger partial charge in [-0.15, -0.1) is 0 Å². The van der Waals surface area contributed by atoms with Crippen LogP contribution in [0, 0.1) is 0 Å². The van der Waals surface area contributed by atoms with Gasteiger partial charge in [0.2, 0.25) is 0 Å². The second kappa shape index (κ2) is 3.34. The average Bonchev–Trinajstić information content (AvgIpc) is 2.71. The Bertz CT molecular complexity index is 321. The summed E-state index contributed by atoms with van der Waals surface area (Å²) in [6.45, 7) is 6.62. The van der Waals surface area contributed by atoms with Gasteiger partial charge in [0.25, 0.3) is 0 Å². The molecule has 3 nitrogen and oxygen atoms in total. The van der Waals surface area contributed by atoms with Gasteiger partial charge in [0.05, 0.1) is 13.0 Å². The van der Waals surface area contributed by atoms with Crippen molar-refractivity contribution in [2.24, 2.45) is 0 Å². The minimum absolute atomic E-state index is 0.135. The van der Waals surface area contributed by atoms with Crippen LogP contribution in [0.15, 0.2) is 11.6 Å². The Morgan fingerprint density at radius 3 is 2.87 bits per heavy atom. The van der Waals surface area contributed by atoms with Crippen molar-refractivity contribution in [3.8, 4) is 0 Å². The molecule has 0 N–H and O–H groups in total. The summed E-state index contributed by atoms with van der Waals surface area (Å²) in [5, 5.41) is 0. The van der Waals surface area contributed by atoms with E-state index in [1.165, 1.54) is 5.57 Å². The smallest absolute Gasteiger partial charge is 0.308 e. The zero-order valence-corrected chi connectivity index (χ0v) is 9.63. The zero-order valence-electron chi connectivity index (χ0n) is 9.63. The molecule has 1 aliphatic heterocycles. The van der Waals surface area contributed by atoms with Crippen molar-refractivity contribution in [1.29, 1.82) is 0 Å². The Balaban J connectivity index is 1.91. The minimum atomic E-state index is -0.276. The quantitative estimate of drug-likeness (QED) is 0.405. The van der Waals surface area contributed by atoms with Crippen molar-refractivity contribution in [2.75, 3.05) is 6.61 Å². The Morgan fingerprint density at radius 2 is 2.40 bits per heavy atom. The van der Waals surface area contributed by atoms with Crippen LogP contribution in [0.5, 0.6) is 0 Å². The molecule has 2 atom stereocenters. The highest BCUT2D eigenvalue weighted by Crippen LogP contribution is 2.61. The Hall–Kier alpha value is -0.830. The number of esters is 1. The number of hydrogen-bond acceptors (Lipinski definition) is 3. The van der Waals surface area contributed by atoms with Crippen LogP contribution in [0.2, 0.25) is 0 Å². The largest absolute Gasteiger partial charge is 0.466 e. The molecule has 0 aromatic carbocycles. The van der Waals surface area contributed by atoms with Gasteiger partial charge in [-0.25, -0.2) is 0 Å². The second-order valence-electron chi connectivity index (χ2n) is 4.62. The molecule has 0 amide bonds. The highest BCUT2D eigenvalue weighted by Gasteiger charge is 2.70. The molecule has 2 aliphatic rings. The van der Waals surface area contributed by atoms with Gasteiger partial charge >= 0.3 is 5.97 Å². The van der Waals surface area contributed by atoms with Gasteiger partial charge in [-0.2, -0.15) is 0 Å². The lowest BCUT2D eigenvalue weighted by molar-refractivity contribution is -0.145. The summed E-state index contributed by atoms with van der Waals surface area (Å²) in [6, 6.07) is 0. The molecule has 1 heterocycles. The molecule has 1 saturated heterocycles. The van der Waals surface area contributed by atoms with Crippen LogP contribution >= 0.6 is 0 Å². The van der Waals surface area contributed by atoms with E-state index >= 15 is 0 Å². The number of epoxide rings is 1. The molecule has 0 spiro atoms. The first-order chi connectivity index (χ1) is 7.04. The molecule has 0 radical (unpaired) electrons. The lowest BCUT2D eigenvalue weighted by Gasteiger charge is -2.09. The third-order valence-corrected chi connectivity index (χ3v) is 3.61. The summed E-state index contributed by atoms with van der Waals surface area (Å²) >= 11 is 0. The number of fused-ring (bicyclic) bond motifs is 1. The summed E-state index contributed by atoms with van der Waals surface area (Å²) in [7, 11) is 0. The molecule has 0 aromatic rings. The van der Waals surface area contributed by atoms with E-state index in [2.05, 4.69) is 19.9 Å². The van der Waals surface area contributed by atoms with Crippen LogP contribution in [-0.2, 0) is 14.3 Å². The molecular formula is C12H18O3. The van der Waals surface area contributed by atoms with E-state index in [0.29, 0.717) is 13.0 Å². The van der Waals surface area contributed by atoms with Gasteiger partial charge in [-0.05, 0) is 32.3 Å². The van der Waals surface area contributed by atoms with Gasteiger partial charge in [0, 0.05) is 0 Å². The monoisotopic (exact) mass is 210 g/mol. The van der Waals surface area contributed by atoms with Crippen LogP contribution in [-0.4, -0.2) is 23.8 Å². The van der Waals surface area contributed by atoms with Crippen LogP contribution < -0.4 is 0 Å². The Kier molecular flexibility index (Phi) is 2.38. The topological polar surface area (TPSA) is 38.8 Å². The normalized spacial score (nSPS) is 37.1. The summed E-state index contributed by atoms with van der Waals surface area (Å²) < 4.78 is 10.8. The molecule has 0 bridgehead atoms. The highest BCUT2D eigenvalue weighted by molar-refractivity contribution is 5.72. The summed E-state index contributed by atoms with van der Waals surface area (Å²) in [6.07, 6.45) is 4.26. The van der Waals surface area contributed by atoms with Crippen molar-refractivity contribution in [2.45, 2.75) is 51.2 Å². The van der Waals surface area contributed by atoms with Crippen molar-refractivity contribution in [3.63, 3.8) is 0 Å². The van der Waals surface area contributed by atoms with Crippen molar-refractivity contribution >= 4 is 5.97 Å². The van der Waals surface area contributed by atoms with Crippen molar-refractivity contribution in [3.05, 3.63) is 11.6 Å². The maximum absolute atomic E-state index is 11.5. The first kappa shape index (κ1) is 10.7. The summed E-state index contributed by atoms with van der Waals surface area (Å²) in [4.78, 5) is 11.5. The van der Waals surface area contributed by atoms with E-state index in [-0.39, 0.29) is 17.2 Å². The van der Waals surface area contributed by atoms with Gasteiger partial charge in [0.15, 0.2) is 0 Å². The first-order valence-electron chi connectivity index (χ1n) is 5.57. The maximum atomic E-state index is 11.5. The van der Waals surface area contributed by atoms with Gasteiger partial charge < -0.3 is 9.47 Å². The molecule has 84 valence electrons. The van der Waals surface area contributed by atoms with E-state index in [1.807, 2.05) is 6.92 Å². The van der Waals surface area contributed by atoms with Crippen LogP contribution in [0.25, 0.3) is 0 Å². The number of ether oxygens (including phenoxy) is 2. The van der Waals surface area contributed by atoms with Crippen LogP contribution in [0.1, 0.15) is 40.0 Å². The van der Waals surface area contributed by atoms with Gasteiger partial charge in [-0.1, -0.05) is 13.0 Å². The van der Waals surface area contributed by atoms with Crippen LogP contribution in [0.3, 0.4) is 0 Å². The molecule has 1 fully saturated rings. The van der Waals surface area contributed by atoms with E-state index in [4.69, 9.17) is 9.47 Å². The van der Waals surface area contributed by atoms with Gasteiger partial charge in [-0.3, -0.25) is 4.79 Å². The predicted octanol–water partition coefficient (Wildman–Crippen LogP) is 2.21. The summed E-state index contributed by atoms with van der Waals surface area (Å²) in [5.41, 5.74) is 0.769. The first-order valence-corrected chi connectivity index (χ1v) is 5.57. The van der Waals surface area contributed by atoms with Crippen molar-refractivity contribution < 1.29 is 14.3 Å². The fraction of sp³-hybridized carbons (Fsp3) is 0.750. The van der Waals surface area contributed by atoms with E-state index in [9.17, 15) is 4.79 Å². The van der Waals surface area contributed by atoms with Crippen molar-refractivity contribution in [1.82, 2.24) is 0 Å². The molecule has 15 heavy (non-hydrogen) atoms.